The lowest BCUT2D eigenvalue weighted by Crippen LogP contribution is -2.20. The maximum absolute atomic E-state index is 12.5. The lowest BCUT2D eigenvalue weighted by molar-refractivity contribution is -0.116. The molecule has 0 aliphatic carbocycles. The summed E-state index contributed by atoms with van der Waals surface area (Å²) in [7, 11) is 0. The zero-order chi connectivity index (χ0) is 19.7. The SMILES string of the molecule is O=C(CCn1c(=O)oc2cc(Cl)ccc21)Nc1cc(Cl)ccc1-n1cncn1. The molecule has 0 saturated heterocycles. The number of hydrogen-bond acceptors (Lipinski definition) is 5. The number of halogens is 2. The molecule has 0 aliphatic rings. The van der Waals surface area contributed by atoms with Gasteiger partial charge < -0.3 is 9.73 Å². The minimum absolute atomic E-state index is 0.0560. The van der Waals surface area contributed by atoms with Crippen LogP contribution in [0, 0.1) is 0 Å². The molecule has 4 aromatic rings. The van der Waals surface area contributed by atoms with Crippen molar-refractivity contribution in [3.05, 3.63) is 69.6 Å². The summed E-state index contributed by atoms with van der Waals surface area (Å²) in [5.74, 6) is -0.838. The fraction of sp³-hybridized carbons (Fsp3) is 0.111. The third-order valence-electron chi connectivity index (χ3n) is 4.09. The quantitative estimate of drug-likeness (QED) is 0.535. The molecule has 2 heterocycles. The molecule has 8 nitrogen and oxygen atoms in total. The fourth-order valence-corrected chi connectivity index (χ4v) is 3.15. The normalized spacial score (nSPS) is 11.1. The van der Waals surface area contributed by atoms with Crippen molar-refractivity contribution in [3.63, 3.8) is 0 Å². The standard InChI is InChI=1S/C18H13Cl2N5O3/c19-11-1-3-14(25-10-21-9-22-25)13(7-11)23-17(26)5-6-24-15-4-2-12(20)8-16(15)28-18(24)27/h1-4,7-10H,5-6H2,(H,23,26). The summed E-state index contributed by atoms with van der Waals surface area (Å²) in [6, 6.07) is 9.94. The third kappa shape index (κ3) is 3.64. The van der Waals surface area contributed by atoms with Crippen LogP contribution in [-0.4, -0.2) is 25.2 Å². The second kappa shape index (κ2) is 7.49. The number of rotatable bonds is 5. The van der Waals surface area contributed by atoms with Crippen molar-refractivity contribution in [1.29, 1.82) is 0 Å². The van der Waals surface area contributed by atoms with Gasteiger partial charge in [-0.3, -0.25) is 9.36 Å². The third-order valence-corrected chi connectivity index (χ3v) is 4.56. The Balaban J connectivity index is 1.53. The molecule has 142 valence electrons. The van der Waals surface area contributed by atoms with Gasteiger partial charge in [0.1, 0.15) is 12.7 Å². The Labute approximate surface area is 168 Å². The second-order valence-electron chi connectivity index (χ2n) is 5.93. The Bertz CT molecular complexity index is 1210. The maximum atomic E-state index is 12.5. The summed E-state index contributed by atoms with van der Waals surface area (Å²) in [5, 5.41) is 7.80. The summed E-state index contributed by atoms with van der Waals surface area (Å²) in [5.41, 5.74) is 2.06. The number of fused-ring (bicyclic) bond motifs is 1. The molecule has 1 amide bonds. The van der Waals surface area contributed by atoms with Crippen molar-refractivity contribution in [1.82, 2.24) is 19.3 Å². The van der Waals surface area contributed by atoms with E-state index in [1.165, 1.54) is 21.9 Å². The zero-order valence-corrected chi connectivity index (χ0v) is 15.8. The van der Waals surface area contributed by atoms with Gasteiger partial charge in [-0.25, -0.2) is 14.5 Å². The van der Waals surface area contributed by atoms with Gasteiger partial charge in [-0.15, -0.1) is 0 Å². The smallest absolute Gasteiger partial charge is 0.408 e. The van der Waals surface area contributed by atoms with Crippen molar-refractivity contribution in [2.75, 3.05) is 5.32 Å². The molecule has 0 radical (unpaired) electrons. The van der Waals surface area contributed by atoms with Crippen LogP contribution in [0.5, 0.6) is 0 Å². The second-order valence-corrected chi connectivity index (χ2v) is 6.80. The van der Waals surface area contributed by atoms with E-state index in [-0.39, 0.29) is 18.9 Å². The van der Waals surface area contributed by atoms with Gasteiger partial charge in [0.15, 0.2) is 5.58 Å². The first kappa shape index (κ1) is 18.3. The first-order valence-electron chi connectivity index (χ1n) is 8.24. The Hall–Kier alpha value is -3.10. The Kier molecular flexibility index (Phi) is 4.89. The van der Waals surface area contributed by atoms with E-state index in [2.05, 4.69) is 15.4 Å². The Morgan fingerprint density at radius 3 is 2.71 bits per heavy atom. The summed E-state index contributed by atoms with van der Waals surface area (Å²) < 4.78 is 8.08. The molecule has 0 fully saturated rings. The molecule has 28 heavy (non-hydrogen) atoms. The zero-order valence-electron chi connectivity index (χ0n) is 14.3. The van der Waals surface area contributed by atoms with Gasteiger partial charge in [0.2, 0.25) is 5.91 Å². The van der Waals surface area contributed by atoms with Crippen molar-refractivity contribution in [3.8, 4) is 5.69 Å². The number of nitrogens with zero attached hydrogens (tertiary/aromatic N) is 4. The number of nitrogens with one attached hydrogen (secondary N) is 1. The van der Waals surface area contributed by atoms with E-state index < -0.39 is 5.76 Å². The lowest BCUT2D eigenvalue weighted by atomic mass is 10.2. The van der Waals surface area contributed by atoms with Crippen LogP contribution in [0.25, 0.3) is 16.8 Å². The largest absolute Gasteiger partial charge is 0.419 e. The number of carbonyl (C=O) groups is 1. The number of aryl methyl sites for hydroxylation is 1. The monoisotopic (exact) mass is 417 g/mol. The van der Waals surface area contributed by atoms with Crippen molar-refractivity contribution in [2.24, 2.45) is 0 Å². The van der Waals surface area contributed by atoms with Crippen LogP contribution in [0.1, 0.15) is 6.42 Å². The number of anilines is 1. The van der Waals surface area contributed by atoms with E-state index in [0.717, 1.165) is 0 Å². The molecule has 0 unspecified atom stereocenters. The number of oxazole rings is 1. The lowest BCUT2D eigenvalue weighted by Gasteiger charge is -2.11. The molecule has 0 aliphatic heterocycles. The Morgan fingerprint density at radius 1 is 1.14 bits per heavy atom. The molecule has 0 spiro atoms. The highest BCUT2D eigenvalue weighted by Crippen LogP contribution is 2.24. The summed E-state index contributed by atoms with van der Waals surface area (Å²) >= 11 is 12.0. The predicted molar refractivity (Wildman–Crippen MR) is 105 cm³/mol. The first-order valence-corrected chi connectivity index (χ1v) is 9.00. The van der Waals surface area contributed by atoms with Crippen LogP contribution in [0.2, 0.25) is 10.0 Å². The topological polar surface area (TPSA) is 94.9 Å². The molecule has 10 heteroatoms. The van der Waals surface area contributed by atoms with Crippen LogP contribution in [0.4, 0.5) is 5.69 Å². The van der Waals surface area contributed by atoms with Crippen LogP contribution < -0.4 is 11.1 Å². The highest BCUT2D eigenvalue weighted by Gasteiger charge is 2.13. The molecule has 0 atom stereocenters. The number of benzene rings is 2. The molecular weight excluding hydrogens is 405 g/mol. The van der Waals surface area contributed by atoms with Crippen LogP contribution >= 0.6 is 23.2 Å². The van der Waals surface area contributed by atoms with Gasteiger partial charge in [0.05, 0.1) is 16.9 Å². The van der Waals surface area contributed by atoms with Gasteiger partial charge in [0, 0.05) is 29.1 Å². The number of aromatic nitrogens is 4. The average Bonchev–Trinajstić information content (AvgIpc) is 3.27. The van der Waals surface area contributed by atoms with Gasteiger partial charge in [-0.05, 0) is 30.3 Å². The summed E-state index contributed by atoms with van der Waals surface area (Å²) in [6.07, 6.45) is 2.96. The van der Waals surface area contributed by atoms with Gasteiger partial charge in [-0.1, -0.05) is 23.2 Å². The van der Waals surface area contributed by atoms with Gasteiger partial charge in [0.25, 0.3) is 0 Å². The molecule has 2 aromatic heterocycles. The first-order chi connectivity index (χ1) is 13.5. The highest BCUT2D eigenvalue weighted by molar-refractivity contribution is 6.31. The van der Waals surface area contributed by atoms with Crippen LogP contribution in [0.15, 0.2) is 58.3 Å². The van der Waals surface area contributed by atoms with Gasteiger partial charge >= 0.3 is 5.76 Å². The summed E-state index contributed by atoms with van der Waals surface area (Å²) in [6.45, 7) is 0.151. The molecule has 2 aromatic carbocycles. The Morgan fingerprint density at radius 2 is 1.93 bits per heavy atom. The average molecular weight is 418 g/mol. The van der Waals surface area contributed by atoms with Crippen molar-refractivity contribution in [2.45, 2.75) is 13.0 Å². The number of carbonyl (C=O) groups excluding carboxylic acids is 1. The van der Waals surface area contributed by atoms with E-state index in [9.17, 15) is 9.59 Å². The molecular formula is C18H13Cl2N5O3. The van der Waals surface area contributed by atoms with Crippen LogP contribution in [0.3, 0.4) is 0 Å². The molecule has 1 N–H and O–H groups in total. The number of hydrogen-bond donors (Lipinski definition) is 1. The van der Waals surface area contributed by atoms with E-state index in [1.807, 2.05) is 0 Å². The number of amides is 1. The highest BCUT2D eigenvalue weighted by atomic mass is 35.5. The molecule has 0 bridgehead atoms. The molecule has 0 saturated carbocycles. The minimum atomic E-state index is -0.545. The minimum Gasteiger partial charge on any atom is -0.408 e. The fourth-order valence-electron chi connectivity index (χ4n) is 2.82. The van der Waals surface area contributed by atoms with E-state index in [4.69, 9.17) is 27.6 Å². The van der Waals surface area contributed by atoms with E-state index in [1.54, 1.807) is 36.4 Å². The van der Waals surface area contributed by atoms with Crippen LogP contribution in [-0.2, 0) is 11.3 Å². The molecule has 4 rings (SSSR count). The van der Waals surface area contributed by atoms with E-state index >= 15 is 0 Å². The summed E-state index contributed by atoms with van der Waals surface area (Å²) in [4.78, 5) is 28.4. The van der Waals surface area contributed by atoms with E-state index in [0.29, 0.717) is 32.5 Å². The maximum Gasteiger partial charge on any atom is 0.419 e. The predicted octanol–water partition coefficient (Wildman–Crippen LogP) is 3.51. The van der Waals surface area contributed by atoms with Crippen molar-refractivity contribution < 1.29 is 9.21 Å². The van der Waals surface area contributed by atoms with Gasteiger partial charge in [-0.2, -0.15) is 5.10 Å². The van der Waals surface area contributed by atoms with Crippen molar-refractivity contribution >= 4 is 45.9 Å².